The van der Waals surface area contributed by atoms with E-state index in [4.69, 9.17) is 9.47 Å². The normalized spacial score (nSPS) is 16.2. The molecule has 0 N–H and O–H groups in total. The zero-order valence-electron chi connectivity index (χ0n) is 21.6. The first-order valence-electron chi connectivity index (χ1n) is 12.6. The van der Waals surface area contributed by atoms with Gasteiger partial charge in [0.05, 0.1) is 18.4 Å². The fraction of sp³-hybridized carbons (Fsp3) is 0.323. The van der Waals surface area contributed by atoms with E-state index in [-0.39, 0.29) is 13.0 Å². The van der Waals surface area contributed by atoms with Crippen LogP contribution in [0.5, 0.6) is 0 Å². The average molecular weight is 500 g/mol. The average Bonchev–Trinajstić information content (AvgIpc) is 3.23. The minimum atomic E-state index is -0.763. The summed E-state index contributed by atoms with van der Waals surface area (Å²) in [5, 5.41) is 0. The van der Waals surface area contributed by atoms with Gasteiger partial charge in [-0.1, -0.05) is 84.9 Å². The third-order valence-corrected chi connectivity index (χ3v) is 6.24. The lowest BCUT2D eigenvalue weighted by Gasteiger charge is -2.26. The van der Waals surface area contributed by atoms with Crippen molar-refractivity contribution in [3.05, 3.63) is 96.1 Å². The van der Waals surface area contributed by atoms with Crippen molar-refractivity contribution < 1.29 is 23.9 Å². The molecule has 2 amide bonds. The van der Waals surface area contributed by atoms with Gasteiger partial charge in [0.2, 0.25) is 5.91 Å². The van der Waals surface area contributed by atoms with Crippen molar-refractivity contribution in [3.8, 4) is 11.1 Å². The molecule has 1 saturated heterocycles. The number of benzene rings is 3. The van der Waals surface area contributed by atoms with Crippen LogP contribution in [-0.2, 0) is 31.9 Å². The topological polar surface area (TPSA) is 72.9 Å². The third kappa shape index (κ3) is 7.06. The van der Waals surface area contributed by atoms with Gasteiger partial charge in [-0.05, 0) is 55.9 Å². The lowest BCUT2D eigenvalue weighted by Crippen LogP contribution is -2.45. The quantitative estimate of drug-likeness (QED) is 0.365. The number of amides is 2. The van der Waals surface area contributed by atoms with Gasteiger partial charge in [-0.15, -0.1) is 0 Å². The maximum atomic E-state index is 13.8. The number of esters is 1. The molecule has 1 aliphatic rings. The first-order valence-corrected chi connectivity index (χ1v) is 12.6. The first kappa shape index (κ1) is 26.1. The molecule has 1 heterocycles. The van der Waals surface area contributed by atoms with E-state index in [2.05, 4.69) is 0 Å². The van der Waals surface area contributed by atoms with Gasteiger partial charge in [0.25, 0.3) is 0 Å². The Labute approximate surface area is 218 Å². The molecule has 1 fully saturated rings. The monoisotopic (exact) mass is 499 g/mol. The Bertz CT molecular complexity index is 1220. The Morgan fingerprint density at radius 3 is 2.11 bits per heavy atom. The molecule has 37 heavy (non-hydrogen) atoms. The van der Waals surface area contributed by atoms with Crippen LogP contribution in [0.25, 0.3) is 11.1 Å². The number of hydrogen-bond donors (Lipinski definition) is 0. The van der Waals surface area contributed by atoms with Crippen LogP contribution < -0.4 is 0 Å². The van der Waals surface area contributed by atoms with Crippen LogP contribution in [0.15, 0.2) is 84.9 Å². The number of carbonyl (C=O) groups excluding carboxylic acids is 3. The molecule has 0 bridgehead atoms. The fourth-order valence-corrected chi connectivity index (χ4v) is 4.54. The highest BCUT2D eigenvalue weighted by molar-refractivity contribution is 5.96. The summed E-state index contributed by atoms with van der Waals surface area (Å²) in [5.41, 5.74) is 3.38. The molecule has 0 spiro atoms. The second-order valence-corrected chi connectivity index (χ2v) is 10.4. The van der Waals surface area contributed by atoms with Crippen molar-refractivity contribution >= 4 is 18.0 Å². The largest absolute Gasteiger partial charge is 0.460 e. The van der Waals surface area contributed by atoms with Gasteiger partial charge >= 0.3 is 12.1 Å². The molecule has 0 aromatic heterocycles. The van der Waals surface area contributed by atoms with Crippen LogP contribution >= 0.6 is 0 Å². The lowest BCUT2D eigenvalue weighted by atomic mass is 9.92. The molecule has 2 unspecified atom stereocenters. The second-order valence-electron chi connectivity index (χ2n) is 10.4. The van der Waals surface area contributed by atoms with Crippen LogP contribution in [0.2, 0.25) is 0 Å². The molecule has 2 atom stereocenters. The Hall–Kier alpha value is -3.93. The third-order valence-electron chi connectivity index (χ3n) is 6.24. The summed E-state index contributed by atoms with van der Waals surface area (Å²) in [6.07, 6.45) is -0.00378. The molecule has 6 heteroatoms. The summed E-state index contributed by atoms with van der Waals surface area (Å²) in [6, 6.07) is 27.2. The number of imide groups is 1. The van der Waals surface area contributed by atoms with E-state index in [0.29, 0.717) is 12.8 Å². The molecule has 1 aliphatic heterocycles. The van der Waals surface area contributed by atoms with E-state index < -0.39 is 35.5 Å². The highest BCUT2D eigenvalue weighted by atomic mass is 16.6. The number of hydrogen-bond acceptors (Lipinski definition) is 5. The van der Waals surface area contributed by atoms with Gasteiger partial charge in [0, 0.05) is 0 Å². The molecular weight excluding hydrogens is 466 g/mol. The van der Waals surface area contributed by atoms with Gasteiger partial charge in [0.1, 0.15) is 12.2 Å². The minimum absolute atomic E-state index is 0.127. The lowest BCUT2D eigenvalue weighted by molar-refractivity contribution is -0.158. The van der Waals surface area contributed by atoms with Crippen LogP contribution in [0.1, 0.15) is 38.3 Å². The zero-order chi connectivity index (χ0) is 26.4. The summed E-state index contributed by atoms with van der Waals surface area (Å²) in [6.45, 7) is 5.50. The van der Waals surface area contributed by atoms with Crippen molar-refractivity contribution in [2.24, 2.45) is 5.92 Å². The predicted octanol–water partition coefficient (Wildman–Crippen LogP) is 5.83. The maximum absolute atomic E-state index is 13.8. The Morgan fingerprint density at radius 2 is 1.49 bits per heavy atom. The van der Waals surface area contributed by atoms with Crippen LogP contribution in [0.4, 0.5) is 4.79 Å². The molecule has 3 aromatic rings. The van der Waals surface area contributed by atoms with Gasteiger partial charge in [-0.2, -0.15) is 0 Å². The summed E-state index contributed by atoms with van der Waals surface area (Å²) in [7, 11) is 0. The number of ether oxygens (including phenoxy) is 2. The standard InChI is InChI=1S/C31H33NO5/c1-31(2,3)37-28(33)20-26(18-23-14-16-25(17-15-23)24-12-8-5-9-13-24)29(34)32-27(21-36-30(32)35)19-22-10-6-4-7-11-22/h4-17,26-27H,18-21H2,1-3H3. The van der Waals surface area contributed by atoms with Crippen molar-refractivity contribution in [1.82, 2.24) is 4.90 Å². The van der Waals surface area contributed by atoms with Gasteiger partial charge < -0.3 is 9.47 Å². The molecule has 4 rings (SSSR count). The summed E-state index contributed by atoms with van der Waals surface area (Å²) in [4.78, 5) is 40.4. The van der Waals surface area contributed by atoms with Crippen LogP contribution in [-0.4, -0.2) is 41.1 Å². The highest BCUT2D eigenvalue weighted by Crippen LogP contribution is 2.26. The number of cyclic esters (lactones) is 1. The molecule has 0 aliphatic carbocycles. The van der Waals surface area contributed by atoms with E-state index >= 15 is 0 Å². The van der Waals surface area contributed by atoms with Crippen molar-refractivity contribution in [3.63, 3.8) is 0 Å². The number of carbonyl (C=O) groups is 3. The summed E-state index contributed by atoms with van der Waals surface area (Å²) in [5.74, 6) is -1.65. The highest BCUT2D eigenvalue weighted by Gasteiger charge is 2.41. The molecule has 0 saturated carbocycles. The number of rotatable bonds is 8. The van der Waals surface area contributed by atoms with E-state index in [1.165, 1.54) is 4.90 Å². The maximum Gasteiger partial charge on any atom is 0.416 e. The Kier molecular flexibility index (Phi) is 8.07. The van der Waals surface area contributed by atoms with Crippen molar-refractivity contribution in [1.29, 1.82) is 0 Å². The molecule has 192 valence electrons. The van der Waals surface area contributed by atoms with E-state index in [9.17, 15) is 14.4 Å². The predicted molar refractivity (Wildman–Crippen MR) is 142 cm³/mol. The van der Waals surface area contributed by atoms with Crippen molar-refractivity contribution in [2.75, 3.05) is 6.61 Å². The van der Waals surface area contributed by atoms with Gasteiger partial charge in [-0.25, -0.2) is 9.69 Å². The summed E-state index contributed by atoms with van der Waals surface area (Å²) < 4.78 is 10.8. The second kappa shape index (κ2) is 11.4. The molecule has 3 aromatic carbocycles. The zero-order valence-corrected chi connectivity index (χ0v) is 21.6. The SMILES string of the molecule is CC(C)(C)OC(=O)CC(Cc1ccc(-c2ccccc2)cc1)C(=O)N1C(=O)OCC1Cc1ccccc1. The fourth-order valence-electron chi connectivity index (χ4n) is 4.54. The van der Waals surface area contributed by atoms with Crippen molar-refractivity contribution in [2.45, 2.75) is 51.7 Å². The minimum Gasteiger partial charge on any atom is -0.460 e. The molecular formula is C31H33NO5. The Balaban J connectivity index is 1.55. The smallest absolute Gasteiger partial charge is 0.416 e. The van der Waals surface area contributed by atoms with E-state index in [0.717, 1.165) is 22.3 Å². The number of nitrogens with zero attached hydrogens (tertiary/aromatic N) is 1. The van der Waals surface area contributed by atoms with Gasteiger partial charge in [-0.3, -0.25) is 9.59 Å². The van der Waals surface area contributed by atoms with E-state index in [1.807, 2.05) is 84.9 Å². The van der Waals surface area contributed by atoms with Crippen LogP contribution in [0, 0.1) is 5.92 Å². The first-order chi connectivity index (χ1) is 17.7. The molecule has 6 nitrogen and oxygen atoms in total. The Morgan fingerprint density at radius 1 is 0.892 bits per heavy atom. The summed E-state index contributed by atoms with van der Waals surface area (Å²) >= 11 is 0. The van der Waals surface area contributed by atoms with E-state index in [1.54, 1.807) is 20.8 Å². The van der Waals surface area contributed by atoms with Gasteiger partial charge in [0.15, 0.2) is 0 Å². The molecule has 0 radical (unpaired) electrons. The van der Waals surface area contributed by atoms with Crippen LogP contribution in [0.3, 0.4) is 0 Å².